The number of nitrogens with two attached hydrogens (primary N) is 2. The minimum Gasteiger partial charge on any atom is -0.480 e. The summed E-state index contributed by atoms with van der Waals surface area (Å²) < 4.78 is 0. The molecule has 0 bridgehead atoms. The maximum atomic E-state index is 12.0. The number of nitrogens with one attached hydrogen (secondary N) is 2. The number of rotatable bonds is 10. The van der Waals surface area contributed by atoms with Crippen molar-refractivity contribution in [1.29, 1.82) is 0 Å². The topological polar surface area (TPSA) is 182 Å². The van der Waals surface area contributed by atoms with Crippen LogP contribution in [-0.4, -0.2) is 46.8 Å². The molecule has 0 rings (SSSR count). The number of carbonyl (C=O) groups excluding carboxylic acids is 4. The van der Waals surface area contributed by atoms with Crippen molar-refractivity contribution in [3.8, 4) is 0 Å². The number of carbonyl (C=O) groups is 5. The molecule has 0 aromatic rings. The van der Waals surface area contributed by atoms with Crippen molar-refractivity contribution in [2.24, 2.45) is 11.5 Å². The lowest BCUT2D eigenvalue weighted by atomic mass is 10.1. The van der Waals surface area contributed by atoms with E-state index in [1.165, 1.54) is 6.92 Å². The second kappa shape index (κ2) is 9.32. The summed E-state index contributed by atoms with van der Waals surface area (Å²) >= 11 is 0. The van der Waals surface area contributed by atoms with Gasteiger partial charge >= 0.3 is 5.97 Å². The summed E-state index contributed by atoms with van der Waals surface area (Å²) in [5, 5.41) is 13.5. The van der Waals surface area contributed by atoms with Gasteiger partial charge in [0.15, 0.2) is 0 Å². The average molecular weight is 316 g/mol. The quantitative estimate of drug-likeness (QED) is 0.299. The van der Waals surface area contributed by atoms with Crippen molar-refractivity contribution >= 4 is 29.6 Å². The maximum absolute atomic E-state index is 12.0. The summed E-state index contributed by atoms with van der Waals surface area (Å²) in [4.78, 5) is 55.5. The standard InChI is InChI=1S/C12H20N4O6/c1-6(17)15-7(2-4-9(13)18)11(20)16-8(12(21)22)3-5-10(14)19/h7-8H,2-5H2,1H3,(H2,13,18)(H2,14,19)(H,15,17)(H,16,20)(H,21,22). The summed E-state index contributed by atoms with van der Waals surface area (Å²) in [5.41, 5.74) is 9.90. The zero-order valence-corrected chi connectivity index (χ0v) is 12.1. The molecule has 0 fully saturated rings. The molecular weight excluding hydrogens is 296 g/mol. The molecule has 0 saturated carbocycles. The van der Waals surface area contributed by atoms with Gasteiger partial charge in [-0.1, -0.05) is 0 Å². The summed E-state index contributed by atoms with van der Waals surface area (Å²) in [6, 6.07) is -2.43. The predicted octanol–water partition coefficient (Wildman–Crippen LogP) is -2.41. The van der Waals surface area contributed by atoms with Crippen molar-refractivity contribution in [2.75, 3.05) is 0 Å². The van der Waals surface area contributed by atoms with Crippen LogP contribution in [0.2, 0.25) is 0 Å². The Morgan fingerprint density at radius 1 is 0.909 bits per heavy atom. The minimum absolute atomic E-state index is 0.0666. The Bertz CT molecular complexity index is 465. The molecule has 2 unspecified atom stereocenters. The summed E-state index contributed by atoms with van der Waals surface area (Å²) in [7, 11) is 0. The first-order valence-electron chi connectivity index (χ1n) is 6.50. The van der Waals surface area contributed by atoms with Gasteiger partial charge in [-0.2, -0.15) is 0 Å². The SMILES string of the molecule is CC(=O)NC(CCC(N)=O)C(=O)NC(CCC(N)=O)C(=O)O. The number of carboxylic acid groups (broad SMARTS) is 1. The van der Waals surface area contributed by atoms with Crippen LogP contribution in [0.15, 0.2) is 0 Å². The molecule has 0 aliphatic carbocycles. The highest BCUT2D eigenvalue weighted by Gasteiger charge is 2.26. The van der Waals surface area contributed by atoms with Crippen LogP contribution in [0, 0.1) is 0 Å². The average Bonchev–Trinajstić information content (AvgIpc) is 2.37. The number of carboxylic acids is 1. The molecule has 22 heavy (non-hydrogen) atoms. The van der Waals surface area contributed by atoms with Gasteiger partial charge in [0.1, 0.15) is 12.1 Å². The monoisotopic (exact) mass is 316 g/mol. The van der Waals surface area contributed by atoms with Crippen LogP contribution in [0.5, 0.6) is 0 Å². The van der Waals surface area contributed by atoms with Crippen LogP contribution in [0.1, 0.15) is 32.6 Å². The molecule has 0 radical (unpaired) electrons. The normalized spacial score (nSPS) is 12.8. The lowest BCUT2D eigenvalue weighted by Crippen LogP contribution is -2.51. The summed E-state index contributed by atoms with van der Waals surface area (Å²) in [6.07, 6.45) is -0.622. The van der Waals surface area contributed by atoms with E-state index in [0.717, 1.165) is 0 Å². The molecule has 0 aliphatic rings. The zero-order chi connectivity index (χ0) is 17.3. The molecule has 2 atom stereocenters. The lowest BCUT2D eigenvalue weighted by molar-refractivity contribution is -0.142. The number of amides is 4. The number of hydrogen-bond donors (Lipinski definition) is 5. The van der Waals surface area contributed by atoms with Crippen LogP contribution in [0.25, 0.3) is 0 Å². The van der Waals surface area contributed by atoms with Gasteiger partial charge in [-0.25, -0.2) is 4.79 Å². The lowest BCUT2D eigenvalue weighted by Gasteiger charge is -2.20. The van der Waals surface area contributed by atoms with E-state index in [-0.39, 0.29) is 25.7 Å². The van der Waals surface area contributed by atoms with Crippen molar-refractivity contribution in [3.05, 3.63) is 0 Å². The van der Waals surface area contributed by atoms with Gasteiger partial charge in [0.2, 0.25) is 23.6 Å². The number of aliphatic carboxylic acids is 1. The van der Waals surface area contributed by atoms with Crippen LogP contribution in [0.4, 0.5) is 0 Å². The molecule has 0 aromatic heterocycles. The highest BCUT2D eigenvalue weighted by molar-refractivity contribution is 5.90. The third kappa shape index (κ3) is 8.51. The molecule has 0 spiro atoms. The third-order valence-electron chi connectivity index (χ3n) is 2.67. The second-order valence-electron chi connectivity index (χ2n) is 4.66. The van der Waals surface area contributed by atoms with Gasteiger partial charge in [0, 0.05) is 19.8 Å². The third-order valence-corrected chi connectivity index (χ3v) is 2.67. The Morgan fingerprint density at radius 3 is 1.73 bits per heavy atom. The predicted molar refractivity (Wildman–Crippen MR) is 74.0 cm³/mol. The number of primary amides is 2. The Balaban J connectivity index is 4.79. The molecule has 4 amide bonds. The molecule has 10 nitrogen and oxygen atoms in total. The highest BCUT2D eigenvalue weighted by atomic mass is 16.4. The van der Waals surface area contributed by atoms with Gasteiger partial charge < -0.3 is 27.2 Å². The highest BCUT2D eigenvalue weighted by Crippen LogP contribution is 2.02. The Morgan fingerprint density at radius 2 is 1.36 bits per heavy atom. The summed E-state index contributed by atoms with van der Waals surface area (Å²) in [5.74, 6) is -4.01. The molecule has 0 aromatic carbocycles. The first-order chi connectivity index (χ1) is 10.1. The van der Waals surface area contributed by atoms with E-state index in [9.17, 15) is 24.0 Å². The van der Waals surface area contributed by atoms with Gasteiger partial charge in [-0.3, -0.25) is 19.2 Å². The zero-order valence-electron chi connectivity index (χ0n) is 12.1. The van der Waals surface area contributed by atoms with E-state index in [1.807, 2.05) is 0 Å². The fourth-order valence-corrected chi connectivity index (χ4v) is 1.62. The van der Waals surface area contributed by atoms with E-state index in [1.54, 1.807) is 0 Å². The molecule has 0 saturated heterocycles. The van der Waals surface area contributed by atoms with Gasteiger partial charge in [0.25, 0.3) is 0 Å². The Kier molecular flexibility index (Phi) is 8.19. The van der Waals surface area contributed by atoms with Crippen molar-refractivity contribution < 1.29 is 29.1 Å². The van der Waals surface area contributed by atoms with E-state index in [0.29, 0.717) is 0 Å². The second-order valence-corrected chi connectivity index (χ2v) is 4.66. The first kappa shape index (κ1) is 19.4. The van der Waals surface area contributed by atoms with E-state index >= 15 is 0 Å². The molecule has 7 N–H and O–H groups in total. The fourth-order valence-electron chi connectivity index (χ4n) is 1.62. The van der Waals surface area contributed by atoms with Crippen LogP contribution < -0.4 is 22.1 Å². The largest absolute Gasteiger partial charge is 0.480 e. The fraction of sp³-hybridized carbons (Fsp3) is 0.583. The van der Waals surface area contributed by atoms with Gasteiger partial charge in [-0.05, 0) is 12.8 Å². The smallest absolute Gasteiger partial charge is 0.326 e. The van der Waals surface area contributed by atoms with E-state index < -0.39 is 41.7 Å². The van der Waals surface area contributed by atoms with Crippen LogP contribution in [0.3, 0.4) is 0 Å². The molecule has 10 heteroatoms. The van der Waals surface area contributed by atoms with E-state index in [4.69, 9.17) is 16.6 Å². The maximum Gasteiger partial charge on any atom is 0.326 e. The van der Waals surface area contributed by atoms with Gasteiger partial charge in [0.05, 0.1) is 0 Å². The summed E-state index contributed by atoms with van der Waals surface area (Å²) in [6.45, 7) is 1.17. The number of hydrogen-bond acceptors (Lipinski definition) is 5. The van der Waals surface area contributed by atoms with Crippen molar-refractivity contribution in [3.63, 3.8) is 0 Å². The first-order valence-corrected chi connectivity index (χ1v) is 6.50. The molecular formula is C12H20N4O6. The molecule has 124 valence electrons. The molecule has 0 heterocycles. The Hall–Kier alpha value is -2.65. The van der Waals surface area contributed by atoms with E-state index in [2.05, 4.69) is 10.6 Å². The van der Waals surface area contributed by atoms with Crippen LogP contribution >= 0.6 is 0 Å². The Labute approximate surface area is 126 Å². The molecule has 0 aliphatic heterocycles. The minimum atomic E-state index is -1.34. The van der Waals surface area contributed by atoms with Crippen LogP contribution in [-0.2, 0) is 24.0 Å². The van der Waals surface area contributed by atoms with Crippen molar-refractivity contribution in [1.82, 2.24) is 10.6 Å². The van der Waals surface area contributed by atoms with Crippen molar-refractivity contribution in [2.45, 2.75) is 44.7 Å². The van der Waals surface area contributed by atoms with Gasteiger partial charge in [-0.15, -0.1) is 0 Å².